The Morgan fingerprint density at radius 1 is 1.35 bits per heavy atom. The van der Waals surface area contributed by atoms with Crippen molar-refractivity contribution in [3.8, 4) is 0 Å². The van der Waals surface area contributed by atoms with Crippen LogP contribution in [-0.4, -0.2) is 28.1 Å². The summed E-state index contributed by atoms with van der Waals surface area (Å²) in [6.45, 7) is 6.23. The maximum atomic E-state index is 10.8. The highest BCUT2D eigenvalue weighted by Crippen LogP contribution is 2.26. The molecule has 2 rings (SSSR count). The molecule has 1 aromatic rings. The second-order valence-electron chi connectivity index (χ2n) is 5.40. The third-order valence-electron chi connectivity index (χ3n) is 3.71. The molecule has 5 nitrogen and oxygen atoms in total. The van der Waals surface area contributed by atoms with E-state index in [9.17, 15) is 10.1 Å². The van der Waals surface area contributed by atoms with Crippen molar-refractivity contribution in [1.82, 2.24) is 0 Å². The number of hydrogen-bond acceptors (Lipinski definition) is 3. The van der Waals surface area contributed by atoms with Crippen LogP contribution < -0.4 is 0 Å². The maximum Gasteiger partial charge on any atom is 0.270 e. The zero-order chi connectivity index (χ0) is 14.9. The lowest BCUT2D eigenvalue weighted by Crippen LogP contribution is -2.28. The second kappa shape index (κ2) is 5.00. The Kier molecular flexibility index (Phi) is 3.53. The van der Waals surface area contributed by atoms with Crippen molar-refractivity contribution in [3.05, 3.63) is 46.0 Å². The third-order valence-corrected chi connectivity index (χ3v) is 3.71. The molecule has 20 heavy (non-hydrogen) atoms. The molecule has 1 aromatic carbocycles. The molecular weight excluding hydrogens is 254 g/mol. The summed E-state index contributed by atoms with van der Waals surface area (Å²) in [5.74, 6) is 0. The smallest absolute Gasteiger partial charge is 0.258 e. The molecule has 0 amide bonds. The van der Waals surface area contributed by atoms with Gasteiger partial charge in [0.25, 0.3) is 5.69 Å². The molecule has 1 heterocycles. The molecule has 0 spiro atoms. The van der Waals surface area contributed by atoms with Gasteiger partial charge in [0.05, 0.1) is 16.0 Å². The predicted octanol–water partition coefficient (Wildman–Crippen LogP) is 3.11. The van der Waals surface area contributed by atoms with Crippen molar-refractivity contribution in [2.75, 3.05) is 7.05 Å². The van der Waals surface area contributed by atoms with E-state index in [2.05, 4.69) is 18.9 Å². The molecule has 0 fully saturated rings. The first-order valence-electron chi connectivity index (χ1n) is 6.42. The van der Waals surface area contributed by atoms with Gasteiger partial charge in [0, 0.05) is 18.2 Å². The summed E-state index contributed by atoms with van der Waals surface area (Å²) >= 11 is 0. The van der Waals surface area contributed by atoms with Crippen LogP contribution in [0.4, 0.5) is 5.69 Å². The highest BCUT2D eigenvalue weighted by Gasteiger charge is 2.39. The van der Waals surface area contributed by atoms with Crippen LogP contribution in [0.1, 0.15) is 26.3 Å². The number of hydrogen-bond donors (Lipinski definition) is 0. The fourth-order valence-corrected chi connectivity index (χ4v) is 2.23. The molecule has 0 saturated carbocycles. The summed E-state index contributed by atoms with van der Waals surface area (Å²) in [5.41, 5.74) is 2.91. The Labute approximate surface area is 118 Å². The van der Waals surface area contributed by atoms with Gasteiger partial charge in [-0.3, -0.25) is 10.1 Å². The first-order chi connectivity index (χ1) is 9.32. The van der Waals surface area contributed by atoms with E-state index in [1.54, 1.807) is 12.1 Å². The minimum Gasteiger partial charge on any atom is -0.258 e. The van der Waals surface area contributed by atoms with Crippen LogP contribution in [0.25, 0.3) is 6.08 Å². The van der Waals surface area contributed by atoms with Crippen LogP contribution in [0, 0.1) is 15.5 Å². The van der Waals surface area contributed by atoms with Gasteiger partial charge in [0.1, 0.15) is 0 Å². The molecule has 0 atom stereocenters. The Morgan fingerprint density at radius 2 is 2.05 bits per heavy atom. The van der Waals surface area contributed by atoms with E-state index in [-0.39, 0.29) is 16.0 Å². The molecule has 0 aliphatic carbocycles. The third kappa shape index (κ3) is 2.52. The molecule has 0 aromatic heterocycles. The average Bonchev–Trinajstić information content (AvgIpc) is 2.57. The molecule has 5 heteroatoms. The predicted molar refractivity (Wildman–Crippen MR) is 80.2 cm³/mol. The van der Waals surface area contributed by atoms with E-state index in [1.807, 2.05) is 36.9 Å². The van der Waals surface area contributed by atoms with Crippen molar-refractivity contribution < 1.29 is 9.61 Å². The lowest BCUT2D eigenvalue weighted by Gasteiger charge is -2.13. The number of non-ortho nitro benzene ring substituents is 1. The molecule has 1 aliphatic rings. The molecule has 0 radical (unpaired) electrons. The van der Waals surface area contributed by atoms with Crippen molar-refractivity contribution in [3.63, 3.8) is 0 Å². The van der Waals surface area contributed by atoms with Gasteiger partial charge in [0.2, 0.25) is 5.71 Å². The fraction of sp³-hybridized carbons (Fsp3) is 0.333. The van der Waals surface area contributed by atoms with E-state index < -0.39 is 0 Å². The Morgan fingerprint density at radius 3 is 2.60 bits per heavy atom. The summed E-state index contributed by atoms with van der Waals surface area (Å²) in [4.78, 5) is 10.4. The van der Waals surface area contributed by atoms with Crippen LogP contribution in [0.5, 0.6) is 0 Å². The average molecular weight is 272 g/mol. The van der Waals surface area contributed by atoms with Crippen molar-refractivity contribution in [2.24, 2.45) is 10.5 Å². The molecule has 0 bridgehead atoms. The summed E-state index contributed by atoms with van der Waals surface area (Å²) < 4.78 is 1.85. The molecule has 104 valence electrons. The van der Waals surface area contributed by atoms with Crippen molar-refractivity contribution >= 4 is 23.2 Å². The Hall–Kier alpha value is -2.30. The normalized spacial score (nSPS) is 17.7. The number of hydrazone groups is 1. The summed E-state index contributed by atoms with van der Waals surface area (Å²) in [6.07, 6.45) is 3.85. The number of nitro groups is 1. The van der Waals surface area contributed by atoms with Gasteiger partial charge in [-0.25, -0.2) is 0 Å². The van der Waals surface area contributed by atoms with E-state index in [1.165, 1.54) is 6.07 Å². The number of allylic oxidation sites excluding steroid dienone is 1. The highest BCUT2D eigenvalue weighted by atomic mass is 16.6. The topological polar surface area (TPSA) is 58.5 Å². The summed E-state index contributed by atoms with van der Waals surface area (Å²) in [7, 11) is 1.91. The lowest BCUT2D eigenvalue weighted by molar-refractivity contribution is -0.499. The Bertz CT molecular complexity index is 655. The van der Waals surface area contributed by atoms with Crippen LogP contribution in [0.15, 0.2) is 35.4 Å². The molecule has 0 N–H and O–H groups in total. The van der Waals surface area contributed by atoms with E-state index >= 15 is 0 Å². The van der Waals surface area contributed by atoms with Crippen LogP contribution in [0.3, 0.4) is 0 Å². The zero-order valence-corrected chi connectivity index (χ0v) is 12.1. The van der Waals surface area contributed by atoms with Gasteiger partial charge in [0.15, 0.2) is 7.05 Å². The van der Waals surface area contributed by atoms with Crippen LogP contribution >= 0.6 is 0 Å². The molecule has 1 aliphatic heterocycles. The fourth-order valence-electron chi connectivity index (χ4n) is 2.23. The summed E-state index contributed by atoms with van der Waals surface area (Å²) in [6, 6.07) is 6.59. The highest BCUT2D eigenvalue weighted by molar-refractivity contribution is 6.15. The maximum absolute atomic E-state index is 10.8. The largest absolute Gasteiger partial charge is 0.270 e. The van der Waals surface area contributed by atoms with Gasteiger partial charge in [-0.1, -0.05) is 16.8 Å². The SMILES string of the molecule is CC1=N[N+](C)=C(C=Cc2cccc([N+](=O)[O-])c2)C1(C)C. The Balaban J connectivity index is 2.29. The number of benzene rings is 1. The second-order valence-corrected chi connectivity index (χ2v) is 5.40. The molecule has 0 saturated heterocycles. The van der Waals surface area contributed by atoms with E-state index in [0.717, 1.165) is 17.0 Å². The zero-order valence-electron chi connectivity index (χ0n) is 12.1. The number of nitro benzene ring substituents is 1. The summed E-state index contributed by atoms with van der Waals surface area (Å²) in [5, 5.41) is 15.2. The standard InChI is InChI=1S/C15H18N3O2/c1-11-15(2,3)14(17(4)16-11)9-8-12-6-5-7-13(10-12)18(19)20/h5-10H,1-4H3/q+1. The first kappa shape index (κ1) is 14.1. The van der Waals surface area contributed by atoms with Crippen molar-refractivity contribution in [1.29, 1.82) is 0 Å². The molecule has 0 unspecified atom stereocenters. The minimum atomic E-state index is -0.386. The number of nitrogens with zero attached hydrogens (tertiary/aromatic N) is 3. The van der Waals surface area contributed by atoms with E-state index in [0.29, 0.717) is 0 Å². The van der Waals surface area contributed by atoms with Crippen LogP contribution in [0.2, 0.25) is 0 Å². The lowest BCUT2D eigenvalue weighted by atomic mass is 9.83. The quantitative estimate of drug-likeness (QED) is 0.482. The first-order valence-corrected chi connectivity index (χ1v) is 6.42. The van der Waals surface area contributed by atoms with Gasteiger partial charge >= 0.3 is 0 Å². The van der Waals surface area contributed by atoms with Gasteiger partial charge in [-0.15, -0.1) is 0 Å². The molecular formula is C15H18N3O2+. The number of rotatable bonds is 3. The van der Waals surface area contributed by atoms with Crippen molar-refractivity contribution in [2.45, 2.75) is 20.8 Å². The van der Waals surface area contributed by atoms with E-state index in [4.69, 9.17) is 0 Å². The van der Waals surface area contributed by atoms with Gasteiger partial charge in [-0.2, -0.15) is 0 Å². The van der Waals surface area contributed by atoms with Gasteiger partial charge in [-0.05, 0) is 37.5 Å². The van der Waals surface area contributed by atoms with Crippen LogP contribution in [-0.2, 0) is 0 Å². The minimum absolute atomic E-state index is 0.101. The van der Waals surface area contributed by atoms with Gasteiger partial charge < -0.3 is 0 Å². The monoisotopic (exact) mass is 272 g/mol.